The molecule has 0 bridgehead atoms. The number of hydrogen-bond acceptors (Lipinski definition) is 2. The molecule has 0 radical (unpaired) electrons. The largest absolute Gasteiger partial charge is 0.310 e. The van der Waals surface area contributed by atoms with E-state index in [1.807, 2.05) is 0 Å². The first-order valence-electron chi connectivity index (χ1n) is 6.37. The fraction of sp³-hybridized carbons (Fsp3) is 0.133. The number of halogens is 3. The molecule has 1 aromatic heterocycles. The number of rotatable bonds is 1. The van der Waals surface area contributed by atoms with Crippen molar-refractivity contribution < 1.29 is 13.2 Å². The Morgan fingerprint density at radius 3 is 2.62 bits per heavy atom. The first kappa shape index (κ1) is 12.8. The quantitative estimate of drug-likeness (QED) is 0.669. The normalized spacial score (nSPS) is 17.4. The van der Waals surface area contributed by atoms with E-state index in [1.54, 1.807) is 10.6 Å². The van der Waals surface area contributed by atoms with Gasteiger partial charge >= 0.3 is 0 Å². The summed E-state index contributed by atoms with van der Waals surface area (Å²) < 4.78 is 43.1. The summed E-state index contributed by atoms with van der Waals surface area (Å²) in [7, 11) is 0. The van der Waals surface area contributed by atoms with Crippen LogP contribution in [0.3, 0.4) is 0 Å². The monoisotopic (exact) mass is 306 g/mol. The Hall–Kier alpha value is -1.95. The Bertz CT molecular complexity index is 839. The fourth-order valence-corrected chi connectivity index (χ4v) is 3.96. The van der Waals surface area contributed by atoms with Crippen molar-refractivity contribution >= 4 is 22.8 Å². The van der Waals surface area contributed by atoms with E-state index in [2.05, 4.69) is 4.98 Å². The van der Waals surface area contributed by atoms with Crippen LogP contribution in [0.2, 0.25) is 0 Å². The molecule has 4 rings (SSSR count). The van der Waals surface area contributed by atoms with Crippen molar-refractivity contribution in [1.82, 2.24) is 9.55 Å². The van der Waals surface area contributed by atoms with Crippen molar-refractivity contribution in [2.75, 3.05) is 0 Å². The molecule has 0 saturated heterocycles. The van der Waals surface area contributed by atoms with Gasteiger partial charge in [-0.25, -0.2) is 18.2 Å². The molecule has 1 unspecified atom stereocenters. The minimum Gasteiger partial charge on any atom is -0.310 e. The van der Waals surface area contributed by atoms with Gasteiger partial charge < -0.3 is 4.57 Å². The van der Waals surface area contributed by atoms with E-state index in [1.165, 1.54) is 42.1 Å². The summed E-state index contributed by atoms with van der Waals surface area (Å²) in [5.74, 6) is -0.295. The molecule has 21 heavy (non-hydrogen) atoms. The van der Waals surface area contributed by atoms with E-state index in [-0.39, 0.29) is 11.4 Å². The summed E-state index contributed by atoms with van der Waals surface area (Å²) in [6, 6.07) is 8.09. The molecule has 0 spiro atoms. The molecule has 0 aliphatic carbocycles. The Morgan fingerprint density at radius 2 is 1.86 bits per heavy atom. The molecule has 2 heterocycles. The van der Waals surface area contributed by atoms with Gasteiger partial charge in [-0.1, -0.05) is 6.07 Å². The van der Waals surface area contributed by atoms with E-state index in [4.69, 9.17) is 0 Å². The van der Waals surface area contributed by atoms with Crippen LogP contribution < -0.4 is 0 Å². The van der Waals surface area contributed by atoms with Crippen LogP contribution in [0.1, 0.15) is 16.8 Å². The average Bonchev–Trinajstić information content (AvgIpc) is 2.97. The molecule has 2 nitrogen and oxygen atoms in total. The molecule has 0 amide bonds. The van der Waals surface area contributed by atoms with Crippen LogP contribution in [-0.4, -0.2) is 9.55 Å². The average molecular weight is 306 g/mol. The van der Waals surface area contributed by atoms with Gasteiger partial charge in [-0.3, -0.25) is 0 Å². The van der Waals surface area contributed by atoms with Gasteiger partial charge in [0.05, 0.1) is 22.3 Å². The predicted molar refractivity (Wildman–Crippen MR) is 75.5 cm³/mol. The van der Waals surface area contributed by atoms with Crippen molar-refractivity contribution in [3.8, 4) is 0 Å². The smallest absolute Gasteiger partial charge is 0.132 e. The predicted octanol–water partition coefficient (Wildman–Crippen LogP) is 4.25. The van der Waals surface area contributed by atoms with E-state index < -0.39 is 17.0 Å². The Labute approximate surface area is 122 Å². The highest BCUT2D eigenvalue weighted by atomic mass is 32.2. The minimum absolute atomic E-state index is 0.0184. The third-order valence-electron chi connectivity index (χ3n) is 3.58. The third kappa shape index (κ3) is 1.86. The Balaban J connectivity index is 1.95. The molecule has 1 aliphatic rings. The fourth-order valence-electron chi connectivity index (χ4n) is 2.67. The highest BCUT2D eigenvalue weighted by Gasteiger charge is 2.31. The molecule has 0 saturated carbocycles. The summed E-state index contributed by atoms with van der Waals surface area (Å²) in [6.07, 6.45) is 0. The first-order valence-corrected chi connectivity index (χ1v) is 7.42. The standard InChI is InChI=1S/C15H9F3N2S/c16-8-4-5-12-11(6-8)19-13-7-21-15(20(12)13)14-9(17)2-1-3-10(14)18/h1-6,15H,7H2. The molecule has 3 aromatic rings. The van der Waals surface area contributed by atoms with Gasteiger partial charge in [0.1, 0.15) is 28.6 Å². The number of hydrogen-bond donors (Lipinski definition) is 0. The van der Waals surface area contributed by atoms with E-state index in [0.29, 0.717) is 22.6 Å². The van der Waals surface area contributed by atoms with Gasteiger partial charge in [-0.15, -0.1) is 11.8 Å². The number of fused-ring (bicyclic) bond motifs is 3. The van der Waals surface area contributed by atoms with Gasteiger partial charge in [0.25, 0.3) is 0 Å². The number of imidazole rings is 1. The van der Waals surface area contributed by atoms with Gasteiger partial charge in [-0.2, -0.15) is 0 Å². The van der Waals surface area contributed by atoms with Crippen molar-refractivity contribution in [1.29, 1.82) is 0 Å². The summed E-state index contributed by atoms with van der Waals surface area (Å²) in [5.41, 5.74) is 1.21. The van der Waals surface area contributed by atoms with Crippen LogP contribution in [0.5, 0.6) is 0 Å². The second-order valence-electron chi connectivity index (χ2n) is 4.83. The summed E-state index contributed by atoms with van der Waals surface area (Å²) in [5, 5.41) is -0.517. The van der Waals surface area contributed by atoms with Crippen LogP contribution in [-0.2, 0) is 5.75 Å². The highest BCUT2D eigenvalue weighted by molar-refractivity contribution is 7.99. The Morgan fingerprint density at radius 1 is 1.10 bits per heavy atom. The molecule has 1 atom stereocenters. The van der Waals surface area contributed by atoms with Gasteiger partial charge in [-0.05, 0) is 24.3 Å². The van der Waals surface area contributed by atoms with Gasteiger partial charge in [0.2, 0.25) is 0 Å². The zero-order valence-electron chi connectivity index (χ0n) is 10.7. The number of nitrogens with zero attached hydrogens (tertiary/aromatic N) is 2. The maximum Gasteiger partial charge on any atom is 0.132 e. The highest BCUT2D eigenvalue weighted by Crippen LogP contribution is 2.44. The lowest BCUT2D eigenvalue weighted by molar-refractivity contribution is 0.544. The molecule has 2 aromatic carbocycles. The van der Waals surface area contributed by atoms with E-state index >= 15 is 0 Å². The Kier molecular flexibility index (Phi) is 2.75. The molecular weight excluding hydrogens is 297 g/mol. The molecule has 1 aliphatic heterocycles. The summed E-state index contributed by atoms with van der Waals surface area (Å²) in [6.45, 7) is 0. The second kappa shape index (κ2) is 4.53. The lowest BCUT2D eigenvalue weighted by Gasteiger charge is -2.15. The van der Waals surface area contributed by atoms with Crippen molar-refractivity contribution in [2.24, 2.45) is 0 Å². The zero-order valence-corrected chi connectivity index (χ0v) is 11.5. The minimum atomic E-state index is -0.579. The second-order valence-corrected chi connectivity index (χ2v) is 5.90. The van der Waals surface area contributed by atoms with Crippen LogP contribution in [0.25, 0.3) is 11.0 Å². The first-order chi connectivity index (χ1) is 10.1. The molecule has 106 valence electrons. The number of aromatic nitrogens is 2. The molecule has 0 N–H and O–H groups in total. The maximum atomic E-state index is 14.0. The zero-order chi connectivity index (χ0) is 14.6. The van der Waals surface area contributed by atoms with Crippen molar-refractivity contribution in [2.45, 2.75) is 11.1 Å². The lowest BCUT2D eigenvalue weighted by Crippen LogP contribution is -2.08. The van der Waals surface area contributed by atoms with Crippen LogP contribution >= 0.6 is 11.8 Å². The summed E-state index contributed by atoms with van der Waals surface area (Å²) in [4.78, 5) is 4.35. The molecule has 6 heteroatoms. The third-order valence-corrected chi connectivity index (χ3v) is 4.76. The van der Waals surface area contributed by atoms with E-state index in [9.17, 15) is 13.2 Å². The summed E-state index contributed by atoms with van der Waals surface area (Å²) >= 11 is 1.41. The number of benzene rings is 2. The number of thioether (sulfide) groups is 1. The van der Waals surface area contributed by atoms with E-state index in [0.717, 1.165) is 0 Å². The molecule has 0 fully saturated rings. The topological polar surface area (TPSA) is 17.8 Å². The van der Waals surface area contributed by atoms with Gasteiger partial charge in [0, 0.05) is 6.07 Å². The van der Waals surface area contributed by atoms with Crippen LogP contribution in [0.4, 0.5) is 13.2 Å². The molecular formula is C15H9F3N2S. The van der Waals surface area contributed by atoms with Crippen LogP contribution in [0.15, 0.2) is 36.4 Å². The van der Waals surface area contributed by atoms with Crippen LogP contribution in [0, 0.1) is 17.5 Å². The maximum absolute atomic E-state index is 14.0. The van der Waals surface area contributed by atoms with Crippen molar-refractivity contribution in [3.63, 3.8) is 0 Å². The van der Waals surface area contributed by atoms with Gasteiger partial charge in [0.15, 0.2) is 0 Å². The lowest BCUT2D eigenvalue weighted by atomic mass is 10.2. The van der Waals surface area contributed by atoms with Crippen molar-refractivity contribution in [3.05, 3.63) is 65.2 Å². The SMILES string of the molecule is Fc1ccc2c(c1)nc1n2C(c2c(F)cccc2F)SC1.